The van der Waals surface area contributed by atoms with Crippen molar-refractivity contribution in [2.75, 3.05) is 0 Å². The Balaban J connectivity index is 3.05. The summed E-state index contributed by atoms with van der Waals surface area (Å²) in [6.45, 7) is 0. The highest BCUT2D eigenvalue weighted by atomic mass is 32.1. The summed E-state index contributed by atoms with van der Waals surface area (Å²) in [5.74, 6) is 0. The first kappa shape index (κ1) is 4.15. The Hall–Kier alpha value is -0.0200. The van der Waals surface area contributed by atoms with Gasteiger partial charge in [0.25, 0.3) is 0 Å². The summed E-state index contributed by atoms with van der Waals surface area (Å²) in [5.41, 5.74) is 0. The highest BCUT2D eigenvalue weighted by molar-refractivity contribution is 7.80. The molecular formula is C3H2NS2. The van der Waals surface area contributed by atoms with Gasteiger partial charge < -0.3 is 0 Å². The van der Waals surface area contributed by atoms with Crippen LogP contribution in [0.1, 0.15) is 0 Å². The topological polar surface area (TPSA) is 12.9 Å². The second-order valence-corrected chi connectivity index (χ2v) is 1.84. The Labute approximate surface area is 45.6 Å². The predicted octanol–water partition coefficient (Wildman–Crippen LogP) is 1.23. The third-order valence-corrected chi connectivity index (χ3v) is 1.26. The molecule has 3 heteroatoms. The van der Waals surface area contributed by atoms with Crippen LogP contribution in [0, 0.1) is 6.07 Å². The van der Waals surface area contributed by atoms with Crippen molar-refractivity contribution < 1.29 is 0 Å². The maximum absolute atomic E-state index is 3.88. The number of hydrogen-bond donors (Lipinski definition) is 1. The Morgan fingerprint density at radius 3 is 3.00 bits per heavy atom. The largest absolute Gasteiger partial charge is 0.186 e. The van der Waals surface area contributed by atoms with Crippen molar-refractivity contribution in [2.45, 2.75) is 5.03 Å². The van der Waals surface area contributed by atoms with Crippen LogP contribution in [0.2, 0.25) is 0 Å². The van der Waals surface area contributed by atoms with Crippen molar-refractivity contribution in [2.24, 2.45) is 0 Å². The van der Waals surface area contributed by atoms with E-state index >= 15 is 0 Å². The molecule has 1 heterocycles. The first-order valence-corrected chi connectivity index (χ1v) is 2.69. The average Bonchev–Trinajstić information content (AvgIpc) is 1.86. The van der Waals surface area contributed by atoms with Crippen LogP contribution < -0.4 is 0 Å². The van der Waals surface area contributed by atoms with E-state index in [9.17, 15) is 0 Å². The lowest BCUT2D eigenvalue weighted by molar-refractivity contribution is 1.29. The molecule has 6 heavy (non-hydrogen) atoms. The molecule has 0 aliphatic carbocycles. The van der Waals surface area contributed by atoms with E-state index in [0.717, 1.165) is 0 Å². The number of hydrogen-bond acceptors (Lipinski definition) is 3. The molecule has 0 fully saturated rings. The van der Waals surface area contributed by atoms with Gasteiger partial charge in [-0.25, -0.2) is 0 Å². The molecule has 0 aromatic carbocycles. The SMILES string of the molecule is Sc1[c]csn1. The normalized spacial score (nSPS) is 8.83. The minimum atomic E-state index is 0.681. The van der Waals surface area contributed by atoms with Crippen molar-refractivity contribution in [1.29, 1.82) is 0 Å². The standard InChI is InChI=1S/C3H2NS2/c5-3-1-2-6-4-3/h2H,(H,4,5). The molecule has 0 aliphatic heterocycles. The summed E-state index contributed by atoms with van der Waals surface area (Å²) in [5, 5.41) is 2.45. The quantitative estimate of drug-likeness (QED) is 0.503. The van der Waals surface area contributed by atoms with E-state index in [1.165, 1.54) is 11.5 Å². The van der Waals surface area contributed by atoms with Crippen LogP contribution in [0.3, 0.4) is 0 Å². The number of thiol groups is 1. The van der Waals surface area contributed by atoms with Gasteiger partial charge in [0.05, 0.1) is 0 Å². The molecular weight excluding hydrogens is 114 g/mol. The first-order chi connectivity index (χ1) is 2.89. The van der Waals surface area contributed by atoms with E-state index in [2.05, 4.69) is 23.1 Å². The van der Waals surface area contributed by atoms with Gasteiger partial charge in [-0.2, -0.15) is 4.37 Å². The molecule has 0 aliphatic rings. The van der Waals surface area contributed by atoms with Gasteiger partial charge in [-0.3, -0.25) is 0 Å². The van der Waals surface area contributed by atoms with Gasteiger partial charge in [0, 0.05) is 11.4 Å². The number of aromatic nitrogens is 1. The van der Waals surface area contributed by atoms with E-state index in [0.29, 0.717) is 5.03 Å². The monoisotopic (exact) mass is 116 g/mol. The maximum Gasteiger partial charge on any atom is 0.115 e. The van der Waals surface area contributed by atoms with Crippen LogP contribution in [-0.2, 0) is 0 Å². The van der Waals surface area contributed by atoms with Gasteiger partial charge >= 0.3 is 0 Å². The molecule has 0 atom stereocenters. The highest BCUT2D eigenvalue weighted by Gasteiger charge is 1.78. The third-order valence-electron chi connectivity index (χ3n) is 0.380. The lowest BCUT2D eigenvalue weighted by Gasteiger charge is -1.62. The van der Waals surface area contributed by atoms with Gasteiger partial charge in [-0.1, -0.05) is 0 Å². The molecule has 1 aromatic heterocycles. The van der Waals surface area contributed by atoms with Crippen LogP contribution in [0.4, 0.5) is 0 Å². The van der Waals surface area contributed by atoms with Crippen LogP contribution in [-0.4, -0.2) is 4.37 Å². The van der Waals surface area contributed by atoms with Gasteiger partial charge in [0.1, 0.15) is 5.03 Å². The summed E-state index contributed by atoms with van der Waals surface area (Å²) in [7, 11) is 0. The van der Waals surface area contributed by atoms with Gasteiger partial charge in [-0.15, -0.1) is 12.6 Å². The van der Waals surface area contributed by atoms with E-state index in [1.54, 1.807) is 5.38 Å². The van der Waals surface area contributed by atoms with Crippen molar-refractivity contribution in [1.82, 2.24) is 4.37 Å². The first-order valence-electron chi connectivity index (χ1n) is 1.40. The van der Waals surface area contributed by atoms with Crippen LogP contribution in [0.25, 0.3) is 0 Å². The minimum Gasteiger partial charge on any atom is -0.186 e. The second-order valence-electron chi connectivity index (χ2n) is 0.782. The zero-order valence-electron chi connectivity index (χ0n) is 2.88. The van der Waals surface area contributed by atoms with E-state index in [-0.39, 0.29) is 0 Å². The van der Waals surface area contributed by atoms with Crippen molar-refractivity contribution in [3.8, 4) is 0 Å². The minimum absolute atomic E-state index is 0.681. The van der Waals surface area contributed by atoms with Crippen LogP contribution in [0.15, 0.2) is 10.4 Å². The van der Waals surface area contributed by atoms with Gasteiger partial charge in [-0.05, 0) is 11.5 Å². The van der Waals surface area contributed by atoms with Gasteiger partial charge in [0.2, 0.25) is 0 Å². The fourth-order valence-electron chi connectivity index (χ4n) is 0.182. The van der Waals surface area contributed by atoms with Crippen molar-refractivity contribution in [3.05, 3.63) is 11.4 Å². The zero-order chi connectivity index (χ0) is 4.41. The third kappa shape index (κ3) is 0.725. The molecule has 0 bridgehead atoms. The van der Waals surface area contributed by atoms with E-state index in [4.69, 9.17) is 0 Å². The Bertz CT molecular complexity index is 112. The molecule has 0 amide bonds. The second kappa shape index (κ2) is 1.62. The summed E-state index contributed by atoms with van der Waals surface area (Å²) in [6.07, 6.45) is 0. The molecule has 0 N–H and O–H groups in total. The van der Waals surface area contributed by atoms with Crippen molar-refractivity contribution >= 4 is 24.2 Å². The molecule has 31 valence electrons. The molecule has 0 saturated heterocycles. The van der Waals surface area contributed by atoms with Crippen LogP contribution in [0.5, 0.6) is 0 Å². The fraction of sp³-hybridized carbons (Fsp3) is 0. The summed E-state index contributed by atoms with van der Waals surface area (Å²) in [4.78, 5) is 0. The van der Waals surface area contributed by atoms with E-state index < -0.39 is 0 Å². The summed E-state index contributed by atoms with van der Waals surface area (Å²) < 4.78 is 3.77. The molecule has 1 radical (unpaired) electrons. The molecule has 1 rings (SSSR count). The lowest BCUT2D eigenvalue weighted by Crippen LogP contribution is -1.50. The highest BCUT2D eigenvalue weighted by Crippen LogP contribution is 2.00. The smallest absolute Gasteiger partial charge is 0.115 e. The zero-order valence-corrected chi connectivity index (χ0v) is 4.59. The fourth-order valence-corrected chi connectivity index (χ4v) is 0.845. The lowest BCUT2D eigenvalue weighted by atomic mass is 10.8. The van der Waals surface area contributed by atoms with Crippen molar-refractivity contribution in [3.63, 3.8) is 0 Å². The predicted molar refractivity (Wildman–Crippen MR) is 28.2 cm³/mol. The number of nitrogens with zero attached hydrogens (tertiary/aromatic N) is 1. The Morgan fingerprint density at radius 2 is 2.83 bits per heavy atom. The average molecular weight is 116 g/mol. The molecule has 0 unspecified atom stereocenters. The number of rotatable bonds is 0. The molecule has 1 aromatic rings. The summed E-state index contributed by atoms with van der Waals surface area (Å²) in [6, 6.07) is 2.77. The maximum atomic E-state index is 3.88. The molecule has 1 nitrogen and oxygen atoms in total. The Kier molecular flexibility index (Phi) is 1.12. The summed E-state index contributed by atoms with van der Waals surface area (Å²) >= 11 is 5.24. The Morgan fingerprint density at radius 1 is 2.00 bits per heavy atom. The van der Waals surface area contributed by atoms with Gasteiger partial charge in [0.15, 0.2) is 0 Å². The van der Waals surface area contributed by atoms with Crippen LogP contribution >= 0.6 is 24.2 Å². The van der Waals surface area contributed by atoms with E-state index in [1.807, 2.05) is 0 Å². The molecule has 0 spiro atoms. The molecule has 0 saturated carbocycles.